The van der Waals surface area contributed by atoms with Gasteiger partial charge in [0.25, 0.3) is 5.91 Å². The van der Waals surface area contributed by atoms with Gasteiger partial charge in [0, 0.05) is 27.8 Å². The van der Waals surface area contributed by atoms with Gasteiger partial charge >= 0.3 is 0 Å². The van der Waals surface area contributed by atoms with Crippen molar-refractivity contribution in [2.45, 2.75) is 43.3 Å². The number of rotatable bonds is 7. The summed E-state index contributed by atoms with van der Waals surface area (Å²) >= 11 is 0. The van der Waals surface area contributed by atoms with Crippen LogP contribution in [0.3, 0.4) is 0 Å². The van der Waals surface area contributed by atoms with E-state index in [1.807, 2.05) is 47.1 Å². The molecule has 1 aromatic carbocycles. The Morgan fingerprint density at radius 3 is 2.61 bits per heavy atom. The van der Waals surface area contributed by atoms with Gasteiger partial charge < -0.3 is 34.3 Å². The second kappa shape index (κ2) is 9.93. The minimum absolute atomic E-state index is 0.0343. The molecule has 1 aromatic heterocycles. The zero-order chi connectivity index (χ0) is 23.5. The van der Waals surface area contributed by atoms with E-state index in [9.17, 15) is 15.0 Å². The molecule has 2 aromatic rings. The van der Waals surface area contributed by atoms with Crippen molar-refractivity contribution in [3.63, 3.8) is 0 Å². The molecule has 33 heavy (non-hydrogen) atoms. The third-order valence-corrected chi connectivity index (χ3v) is 5.88. The smallest absolute Gasteiger partial charge is 0.252 e. The molecule has 4 rings (SSSR count). The van der Waals surface area contributed by atoms with Crippen molar-refractivity contribution in [2.24, 2.45) is 17.4 Å². The number of carbonyl (C=O) groups is 1. The maximum Gasteiger partial charge on any atom is 0.252 e. The van der Waals surface area contributed by atoms with Crippen molar-refractivity contribution in [2.75, 3.05) is 25.8 Å². The van der Waals surface area contributed by atoms with Gasteiger partial charge in [-0.15, -0.1) is 0 Å². The summed E-state index contributed by atoms with van der Waals surface area (Å²) in [6.07, 6.45) is -2.40. The number of aryl methyl sites for hydroxylation is 1. The summed E-state index contributed by atoms with van der Waals surface area (Å²) in [5.74, 6) is -0.483. The SMILES string of the molecule is CO[C@@H]1OC(C(=O)NCc2ccc(N3N=NCC3c3cncn3C)cc2)[C@@H](OC)[C@H](O)[C@@H]1O. The number of nitrogens with zero attached hydrogens (tertiary/aromatic N) is 5. The second-order valence-electron chi connectivity index (χ2n) is 7.93. The van der Waals surface area contributed by atoms with Gasteiger partial charge in [-0.1, -0.05) is 17.4 Å². The summed E-state index contributed by atoms with van der Waals surface area (Å²) in [5.41, 5.74) is 2.74. The van der Waals surface area contributed by atoms with Crippen LogP contribution in [0, 0.1) is 0 Å². The van der Waals surface area contributed by atoms with Crippen molar-refractivity contribution < 1.29 is 29.2 Å². The standard InChI is InChI=1S/C21H28N6O6/c1-26-11-22-9-14(26)15-10-24-25-27(15)13-6-4-12(5-7-13)8-23-20(30)19-18(31-2)16(28)17(29)21(32-3)33-19/h4-7,9,11,15-19,21,28-29H,8,10H2,1-3H3,(H,23,30)/t15?,16-,17+,18+,19?,21-/m1/s1. The summed E-state index contributed by atoms with van der Waals surface area (Å²) in [7, 11) is 4.59. The molecular formula is C21H28N6O6. The van der Waals surface area contributed by atoms with Crippen molar-refractivity contribution in [1.82, 2.24) is 14.9 Å². The van der Waals surface area contributed by atoms with E-state index >= 15 is 0 Å². The lowest BCUT2D eigenvalue weighted by Crippen LogP contribution is -2.62. The number of amides is 1. The molecule has 12 nitrogen and oxygen atoms in total. The van der Waals surface area contributed by atoms with Crippen LogP contribution in [-0.2, 0) is 32.6 Å². The predicted molar refractivity (Wildman–Crippen MR) is 115 cm³/mol. The first-order valence-corrected chi connectivity index (χ1v) is 10.5. The molecule has 0 bridgehead atoms. The molecule has 0 spiro atoms. The van der Waals surface area contributed by atoms with Crippen LogP contribution >= 0.6 is 0 Å². The Labute approximate surface area is 190 Å². The van der Waals surface area contributed by atoms with E-state index in [1.165, 1.54) is 14.2 Å². The van der Waals surface area contributed by atoms with Crippen LogP contribution in [-0.4, -0.2) is 77.1 Å². The predicted octanol–water partition coefficient (Wildman–Crippen LogP) is 0.0729. The lowest BCUT2D eigenvalue weighted by molar-refractivity contribution is -0.287. The Morgan fingerprint density at radius 1 is 1.21 bits per heavy atom. The van der Waals surface area contributed by atoms with Gasteiger partial charge in [0.1, 0.15) is 24.4 Å². The first-order valence-electron chi connectivity index (χ1n) is 10.5. The highest BCUT2D eigenvalue weighted by atomic mass is 16.7. The Hall–Kier alpha value is -2.90. The summed E-state index contributed by atoms with van der Waals surface area (Å²) in [6.45, 7) is 0.779. The second-order valence-corrected chi connectivity index (χ2v) is 7.93. The molecule has 6 atom stereocenters. The molecule has 12 heteroatoms. The monoisotopic (exact) mass is 460 g/mol. The van der Waals surface area contributed by atoms with E-state index < -0.39 is 36.6 Å². The van der Waals surface area contributed by atoms with Crippen molar-refractivity contribution in [1.29, 1.82) is 0 Å². The number of hydrogen-bond acceptors (Lipinski definition) is 10. The number of anilines is 1. The Balaban J connectivity index is 1.39. The molecule has 2 aliphatic heterocycles. The molecule has 0 radical (unpaired) electrons. The van der Waals surface area contributed by atoms with Crippen LogP contribution in [0.25, 0.3) is 0 Å². The third kappa shape index (κ3) is 4.61. The van der Waals surface area contributed by atoms with Crippen molar-refractivity contribution in [3.05, 3.63) is 48.0 Å². The number of aliphatic hydroxyl groups excluding tert-OH is 2. The molecule has 1 fully saturated rings. The fraction of sp³-hybridized carbons (Fsp3) is 0.524. The largest absolute Gasteiger partial charge is 0.387 e. The average Bonchev–Trinajstić information content (AvgIpc) is 3.48. The number of aliphatic hydroxyl groups is 2. The van der Waals surface area contributed by atoms with E-state index in [4.69, 9.17) is 14.2 Å². The number of carbonyl (C=O) groups excluding carboxylic acids is 1. The zero-order valence-corrected chi connectivity index (χ0v) is 18.6. The van der Waals surface area contributed by atoms with Crippen molar-refractivity contribution >= 4 is 11.6 Å². The summed E-state index contributed by atoms with van der Waals surface area (Å²) < 4.78 is 17.7. The number of imidazole rings is 1. The van der Waals surface area contributed by atoms with Crippen molar-refractivity contribution in [3.8, 4) is 0 Å². The van der Waals surface area contributed by atoms with E-state index in [0.717, 1.165) is 16.9 Å². The molecular weight excluding hydrogens is 432 g/mol. The molecule has 3 N–H and O–H groups in total. The first-order chi connectivity index (χ1) is 15.9. The van der Waals surface area contributed by atoms with Gasteiger partial charge in [-0.3, -0.25) is 4.79 Å². The lowest BCUT2D eigenvalue weighted by Gasteiger charge is -2.40. The van der Waals surface area contributed by atoms with Gasteiger partial charge in [-0.2, -0.15) is 5.11 Å². The molecule has 1 saturated heterocycles. The summed E-state index contributed by atoms with van der Waals surface area (Å²) in [6, 6.07) is 7.55. The van der Waals surface area contributed by atoms with Crippen LogP contribution in [0.2, 0.25) is 0 Å². The van der Waals surface area contributed by atoms with Gasteiger partial charge in [0.05, 0.1) is 30.5 Å². The fourth-order valence-electron chi connectivity index (χ4n) is 4.02. The molecule has 2 unspecified atom stereocenters. The maximum absolute atomic E-state index is 12.7. The number of benzene rings is 1. The molecule has 0 saturated carbocycles. The minimum Gasteiger partial charge on any atom is -0.387 e. The van der Waals surface area contributed by atoms with E-state index in [-0.39, 0.29) is 12.6 Å². The first kappa shape index (κ1) is 23.3. The van der Waals surface area contributed by atoms with Crippen LogP contribution < -0.4 is 10.3 Å². The number of hydrogen-bond donors (Lipinski definition) is 3. The van der Waals surface area contributed by atoms with Crippen LogP contribution in [0.4, 0.5) is 5.69 Å². The molecule has 1 amide bonds. The van der Waals surface area contributed by atoms with E-state index in [0.29, 0.717) is 6.54 Å². The topological polar surface area (TPSA) is 143 Å². The van der Waals surface area contributed by atoms with E-state index in [2.05, 4.69) is 20.6 Å². The molecule has 3 heterocycles. The number of ether oxygens (including phenoxy) is 3. The normalized spacial score (nSPS) is 29.4. The zero-order valence-electron chi connectivity index (χ0n) is 18.6. The molecule has 2 aliphatic rings. The van der Waals surface area contributed by atoms with E-state index in [1.54, 1.807) is 6.33 Å². The molecule has 178 valence electrons. The number of nitrogens with one attached hydrogen (secondary N) is 1. The van der Waals surface area contributed by atoms with Crippen LogP contribution in [0.1, 0.15) is 17.3 Å². The summed E-state index contributed by atoms with van der Waals surface area (Å²) in [5, 5.41) is 33.3. The average molecular weight is 460 g/mol. The maximum atomic E-state index is 12.7. The van der Waals surface area contributed by atoms with Gasteiger partial charge in [-0.05, 0) is 17.7 Å². The highest BCUT2D eigenvalue weighted by Crippen LogP contribution is 2.32. The number of aromatic nitrogens is 2. The summed E-state index contributed by atoms with van der Waals surface area (Å²) in [4.78, 5) is 16.9. The highest BCUT2D eigenvalue weighted by Gasteiger charge is 2.48. The number of methoxy groups -OCH3 is 2. The van der Waals surface area contributed by atoms with Crippen LogP contribution in [0.15, 0.2) is 47.1 Å². The van der Waals surface area contributed by atoms with Gasteiger partial charge in [-0.25, -0.2) is 9.99 Å². The Kier molecular flexibility index (Phi) is 7.00. The Morgan fingerprint density at radius 2 is 1.97 bits per heavy atom. The highest BCUT2D eigenvalue weighted by molar-refractivity contribution is 5.81. The quantitative estimate of drug-likeness (QED) is 0.527. The van der Waals surface area contributed by atoms with Gasteiger partial charge in [0.2, 0.25) is 0 Å². The fourth-order valence-corrected chi connectivity index (χ4v) is 4.02. The molecule has 0 aliphatic carbocycles. The van der Waals surface area contributed by atoms with Gasteiger partial charge in [0.15, 0.2) is 12.4 Å². The van der Waals surface area contributed by atoms with Crippen LogP contribution in [0.5, 0.6) is 0 Å². The third-order valence-electron chi connectivity index (χ3n) is 5.88. The minimum atomic E-state index is -1.33. The Bertz CT molecular complexity index is 982. The lowest BCUT2D eigenvalue weighted by atomic mass is 9.98.